The minimum absolute atomic E-state index is 0.217. The largest absolute Gasteiger partial charge is 0.372 e. The lowest BCUT2D eigenvalue weighted by Crippen LogP contribution is -2.26. The highest BCUT2D eigenvalue weighted by atomic mass is 16.5. The lowest BCUT2D eigenvalue weighted by molar-refractivity contribution is -0.124. The van der Waals surface area contributed by atoms with Crippen molar-refractivity contribution in [1.82, 2.24) is 4.98 Å². The summed E-state index contributed by atoms with van der Waals surface area (Å²) in [5.41, 5.74) is 6.35. The Labute approximate surface area is 88.6 Å². The van der Waals surface area contributed by atoms with Crippen LogP contribution in [-0.4, -0.2) is 24.1 Å². The number of nitrogens with two attached hydrogens (primary N) is 1. The predicted molar refractivity (Wildman–Crippen MR) is 57.2 cm³/mol. The molecule has 0 fully saturated rings. The molecule has 0 aliphatic heterocycles. The summed E-state index contributed by atoms with van der Waals surface area (Å²) in [4.78, 5) is 15.4. The number of nitrogens with zero attached hydrogens (tertiary/aromatic N) is 1. The van der Waals surface area contributed by atoms with E-state index in [-0.39, 0.29) is 5.91 Å². The number of carbonyl (C=O) groups is 1. The van der Waals surface area contributed by atoms with Crippen molar-refractivity contribution in [1.29, 1.82) is 0 Å². The quantitative estimate of drug-likeness (QED) is 0.757. The van der Waals surface area contributed by atoms with Crippen LogP contribution in [0.1, 0.15) is 12.5 Å². The van der Waals surface area contributed by atoms with E-state index >= 15 is 0 Å². The first-order chi connectivity index (χ1) is 7.17. The second-order valence-corrected chi connectivity index (χ2v) is 3.12. The minimum atomic E-state index is -0.485. The van der Waals surface area contributed by atoms with Crippen molar-refractivity contribution in [2.45, 2.75) is 19.6 Å². The minimum Gasteiger partial charge on any atom is -0.372 e. The lowest BCUT2D eigenvalue weighted by Gasteiger charge is -2.09. The van der Waals surface area contributed by atoms with Crippen LogP contribution in [0.5, 0.6) is 0 Å². The van der Waals surface area contributed by atoms with Crippen LogP contribution in [0.25, 0.3) is 0 Å². The summed E-state index contributed by atoms with van der Waals surface area (Å²) in [5, 5.41) is 2.63. The number of hydrogen-bond acceptors (Lipinski definition) is 4. The van der Waals surface area contributed by atoms with E-state index in [1.54, 1.807) is 19.2 Å². The molecule has 1 rings (SSSR count). The molecular weight excluding hydrogens is 194 g/mol. The number of anilines is 1. The lowest BCUT2D eigenvalue weighted by atomic mass is 10.3. The molecule has 5 heteroatoms. The fourth-order valence-electron chi connectivity index (χ4n) is 0.954. The molecule has 1 heterocycles. The molecule has 15 heavy (non-hydrogen) atoms. The monoisotopic (exact) mass is 209 g/mol. The molecule has 0 aliphatic carbocycles. The van der Waals surface area contributed by atoms with Gasteiger partial charge in [0.2, 0.25) is 0 Å². The average molecular weight is 209 g/mol. The Morgan fingerprint density at radius 3 is 2.87 bits per heavy atom. The molecular formula is C10H15N3O2. The van der Waals surface area contributed by atoms with Crippen molar-refractivity contribution in [3.05, 3.63) is 23.9 Å². The second kappa shape index (κ2) is 5.43. The van der Waals surface area contributed by atoms with Crippen LogP contribution in [0.3, 0.4) is 0 Å². The summed E-state index contributed by atoms with van der Waals surface area (Å²) >= 11 is 0. The van der Waals surface area contributed by atoms with Gasteiger partial charge in [0.1, 0.15) is 11.9 Å². The molecule has 82 valence electrons. The topological polar surface area (TPSA) is 77.2 Å². The van der Waals surface area contributed by atoms with Crippen LogP contribution >= 0.6 is 0 Å². The normalized spacial score (nSPS) is 12.2. The van der Waals surface area contributed by atoms with E-state index in [9.17, 15) is 4.79 Å². The second-order valence-electron chi connectivity index (χ2n) is 3.12. The fraction of sp³-hybridized carbons (Fsp3) is 0.400. The molecule has 0 spiro atoms. The molecule has 3 N–H and O–H groups in total. The zero-order valence-electron chi connectivity index (χ0n) is 8.86. The first-order valence-electron chi connectivity index (χ1n) is 4.66. The van der Waals surface area contributed by atoms with Gasteiger partial charge in [0.05, 0.1) is 0 Å². The highest BCUT2D eigenvalue weighted by Crippen LogP contribution is 2.05. The maximum atomic E-state index is 11.4. The van der Waals surface area contributed by atoms with Gasteiger partial charge in [-0.25, -0.2) is 4.98 Å². The van der Waals surface area contributed by atoms with Crippen LogP contribution in [0, 0.1) is 0 Å². The van der Waals surface area contributed by atoms with Crippen molar-refractivity contribution >= 4 is 11.7 Å². The van der Waals surface area contributed by atoms with Gasteiger partial charge in [-0.15, -0.1) is 0 Å². The summed E-state index contributed by atoms with van der Waals surface area (Å²) in [6, 6.07) is 3.53. The number of hydrogen-bond donors (Lipinski definition) is 2. The van der Waals surface area contributed by atoms with Gasteiger partial charge < -0.3 is 15.8 Å². The summed E-state index contributed by atoms with van der Waals surface area (Å²) in [5.74, 6) is 0.284. The highest BCUT2D eigenvalue weighted by molar-refractivity contribution is 5.92. The molecule has 0 radical (unpaired) electrons. The summed E-state index contributed by atoms with van der Waals surface area (Å²) < 4.78 is 4.87. The van der Waals surface area contributed by atoms with E-state index in [0.29, 0.717) is 12.4 Å². The summed E-state index contributed by atoms with van der Waals surface area (Å²) in [7, 11) is 1.48. The Morgan fingerprint density at radius 2 is 2.40 bits per heavy atom. The standard InChI is InChI=1S/C10H15N3O2/c1-7(15-2)10(14)13-9-4-3-8(5-11)6-12-9/h3-4,6-7H,5,11H2,1-2H3,(H,12,13,14). The van der Waals surface area contributed by atoms with Crippen molar-refractivity contribution in [2.24, 2.45) is 5.73 Å². The van der Waals surface area contributed by atoms with E-state index in [0.717, 1.165) is 5.56 Å². The number of pyridine rings is 1. The summed E-state index contributed by atoms with van der Waals surface area (Å²) in [6.07, 6.45) is 1.15. The molecule has 0 saturated carbocycles. The van der Waals surface area contributed by atoms with Gasteiger partial charge in [0.15, 0.2) is 0 Å². The Morgan fingerprint density at radius 1 is 1.67 bits per heavy atom. The maximum Gasteiger partial charge on any atom is 0.254 e. The van der Waals surface area contributed by atoms with Crippen molar-refractivity contribution in [2.75, 3.05) is 12.4 Å². The van der Waals surface area contributed by atoms with Gasteiger partial charge in [-0.3, -0.25) is 4.79 Å². The number of nitrogens with one attached hydrogen (secondary N) is 1. The van der Waals surface area contributed by atoms with Crippen molar-refractivity contribution in [3.8, 4) is 0 Å². The van der Waals surface area contributed by atoms with Crippen LogP contribution < -0.4 is 11.1 Å². The van der Waals surface area contributed by atoms with E-state index in [1.807, 2.05) is 6.07 Å². The summed E-state index contributed by atoms with van der Waals surface area (Å²) in [6.45, 7) is 2.11. The van der Waals surface area contributed by atoms with Gasteiger partial charge in [-0.05, 0) is 18.6 Å². The highest BCUT2D eigenvalue weighted by Gasteiger charge is 2.11. The Bertz CT molecular complexity index is 324. The van der Waals surface area contributed by atoms with Crippen LogP contribution in [0.2, 0.25) is 0 Å². The van der Waals surface area contributed by atoms with E-state index in [1.165, 1.54) is 7.11 Å². The van der Waals surface area contributed by atoms with Gasteiger partial charge in [0.25, 0.3) is 5.91 Å². The molecule has 1 aromatic heterocycles. The molecule has 0 saturated heterocycles. The molecule has 1 atom stereocenters. The number of methoxy groups -OCH3 is 1. The molecule has 0 aromatic carbocycles. The van der Waals surface area contributed by atoms with E-state index < -0.39 is 6.10 Å². The first-order valence-corrected chi connectivity index (χ1v) is 4.66. The van der Waals surface area contributed by atoms with E-state index in [2.05, 4.69) is 10.3 Å². The number of carbonyl (C=O) groups excluding carboxylic acids is 1. The Hall–Kier alpha value is -1.46. The predicted octanol–water partition coefficient (Wildman–Crippen LogP) is 0.514. The molecule has 5 nitrogen and oxygen atoms in total. The van der Waals surface area contributed by atoms with Crippen molar-refractivity contribution in [3.63, 3.8) is 0 Å². The number of ether oxygens (including phenoxy) is 1. The van der Waals surface area contributed by atoms with E-state index in [4.69, 9.17) is 10.5 Å². The molecule has 0 bridgehead atoms. The van der Waals surface area contributed by atoms with Crippen LogP contribution in [-0.2, 0) is 16.1 Å². The number of amides is 1. The smallest absolute Gasteiger partial charge is 0.254 e. The zero-order chi connectivity index (χ0) is 11.3. The van der Waals surface area contributed by atoms with Gasteiger partial charge in [0, 0.05) is 19.9 Å². The maximum absolute atomic E-state index is 11.4. The molecule has 1 unspecified atom stereocenters. The SMILES string of the molecule is COC(C)C(=O)Nc1ccc(CN)cn1. The fourth-order valence-corrected chi connectivity index (χ4v) is 0.954. The molecule has 0 aliphatic rings. The molecule has 1 amide bonds. The van der Waals surface area contributed by atoms with Gasteiger partial charge in [-0.1, -0.05) is 6.07 Å². The first kappa shape index (κ1) is 11.6. The average Bonchev–Trinajstić information content (AvgIpc) is 2.29. The van der Waals surface area contributed by atoms with Gasteiger partial charge >= 0.3 is 0 Å². The van der Waals surface area contributed by atoms with Crippen LogP contribution in [0.4, 0.5) is 5.82 Å². The third kappa shape index (κ3) is 3.30. The Kier molecular flexibility index (Phi) is 4.20. The number of rotatable bonds is 4. The third-order valence-electron chi connectivity index (χ3n) is 2.03. The zero-order valence-corrected chi connectivity index (χ0v) is 8.86. The number of aromatic nitrogens is 1. The van der Waals surface area contributed by atoms with Gasteiger partial charge in [-0.2, -0.15) is 0 Å². The van der Waals surface area contributed by atoms with Crippen LogP contribution in [0.15, 0.2) is 18.3 Å². The van der Waals surface area contributed by atoms with Crippen molar-refractivity contribution < 1.29 is 9.53 Å². The third-order valence-corrected chi connectivity index (χ3v) is 2.03. The Balaban J connectivity index is 2.61. The molecule has 1 aromatic rings.